The number of unbranched alkanes of at least 4 members (excludes halogenated alkanes) is 11. The first-order valence-corrected chi connectivity index (χ1v) is 10.7. The molecule has 3 heteroatoms. The summed E-state index contributed by atoms with van der Waals surface area (Å²) in [6.07, 6.45) is 23.8. The van der Waals surface area contributed by atoms with Gasteiger partial charge in [0.2, 0.25) is 0 Å². The molecule has 0 aliphatic rings. The summed E-state index contributed by atoms with van der Waals surface area (Å²) < 4.78 is 10.8. The van der Waals surface area contributed by atoms with Gasteiger partial charge >= 0.3 is 0 Å². The lowest BCUT2D eigenvalue weighted by Crippen LogP contribution is -2.14. The Hall–Kier alpha value is -0.380. The average molecular weight is 357 g/mol. The van der Waals surface area contributed by atoms with E-state index in [2.05, 4.69) is 6.92 Å². The van der Waals surface area contributed by atoms with Gasteiger partial charge in [-0.25, -0.2) is 0 Å². The smallest absolute Gasteiger partial charge is 0.146 e. The van der Waals surface area contributed by atoms with Gasteiger partial charge in [0.25, 0.3) is 0 Å². The number of aliphatic hydroxyl groups is 1. The van der Waals surface area contributed by atoms with Gasteiger partial charge in [0, 0.05) is 7.11 Å². The fourth-order valence-electron chi connectivity index (χ4n) is 3.16. The molecule has 150 valence electrons. The van der Waals surface area contributed by atoms with Crippen molar-refractivity contribution in [3.8, 4) is 0 Å². The van der Waals surface area contributed by atoms with E-state index < -0.39 is 0 Å². The number of allylic oxidation sites excluding steroid dienone is 1. The van der Waals surface area contributed by atoms with E-state index in [-0.39, 0.29) is 12.7 Å². The van der Waals surface area contributed by atoms with Crippen molar-refractivity contribution in [1.29, 1.82) is 0 Å². The number of methoxy groups -OCH3 is 1. The zero-order chi connectivity index (χ0) is 18.4. The number of aliphatic hydroxyl groups excluding tert-OH is 1. The fourth-order valence-corrected chi connectivity index (χ4v) is 3.16. The number of hydrogen-bond acceptors (Lipinski definition) is 3. The van der Waals surface area contributed by atoms with E-state index in [0.717, 1.165) is 19.3 Å². The van der Waals surface area contributed by atoms with Crippen LogP contribution < -0.4 is 0 Å². The number of ether oxygens (including phenoxy) is 2. The molecule has 0 unspecified atom stereocenters. The van der Waals surface area contributed by atoms with Gasteiger partial charge < -0.3 is 14.6 Å². The van der Waals surface area contributed by atoms with Crippen LogP contribution in [0.15, 0.2) is 12.2 Å². The summed E-state index contributed by atoms with van der Waals surface area (Å²) in [5.41, 5.74) is 0. The Morgan fingerprint density at radius 3 is 1.84 bits per heavy atom. The third-order valence-electron chi connectivity index (χ3n) is 4.73. The van der Waals surface area contributed by atoms with Crippen LogP contribution in [-0.4, -0.2) is 31.7 Å². The summed E-state index contributed by atoms with van der Waals surface area (Å²) in [6.45, 7) is 2.79. The van der Waals surface area contributed by atoms with Crippen LogP contribution in [0.1, 0.15) is 103 Å². The van der Waals surface area contributed by atoms with E-state index in [0.29, 0.717) is 6.79 Å². The third kappa shape index (κ3) is 19.8. The van der Waals surface area contributed by atoms with Crippen LogP contribution in [0.2, 0.25) is 0 Å². The molecule has 0 amide bonds. The van der Waals surface area contributed by atoms with Crippen molar-refractivity contribution in [3.63, 3.8) is 0 Å². The fraction of sp³-hybridized carbons (Fsp3) is 0.909. The second kappa shape index (κ2) is 21.7. The normalized spacial score (nSPS) is 12.9. The maximum Gasteiger partial charge on any atom is 0.146 e. The first-order valence-electron chi connectivity index (χ1n) is 10.7. The zero-order valence-corrected chi connectivity index (χ0v) is 17.0. The second-order valence-corrected chi connectivity index (χ2v) is 7.10. The molecule has 3 nitrogen and oxygen atoms in total. The van der Waals surface area contributed by atoms with E-state index >= 15 is 0 Å². The van der Waals surface area contributed by atoms with Gasteiger partial charge in [0.1, 0.15) is 6.79 Å². The molecule has 0 aromatic rings. The third-order valence-corrected chi connectivity index (χ3v) is 4.73. The van der Waals surface area contributed by atoms with E-state index in [1.54, 1.807) is 13.2 Å². The van der Waals surface area contributed by atoms with E-state index in [4.69, 9.17) is 14.6 Å². The first kappa shape index (κ1) is 24.6. The molecule has 0 rings (SSSR count). The first-order chi connectivity index (χ1) is 12.3. The van der Waals surface area contributed by atoms with Crippen molar-refractivity contribution >= 4 is 0 Å². The minimum Gasteiger partial charge on any atom is -0.392 e. The summed E-state index contributed by atoms with van der Waals surface area (Å²) >= 11 is 0. The van der Waals surface area contributed by atoms with Crippen molar-refractivity contribution in [3.05, 3.63) is 12.2 Å². The van der Waals surface area contributed by atoms with Gasteiger partial charge in [-0.15, -0.1) is 0 Å². The molecular weight excluding hydrogens is 312 g/mol. The van der Waals surface area contributed by atoms with E-state index in [9.17, 15) is 0 Å². The van der Waals surface area contributed by atoms with Crippen LogP contribution in [0.4, 0.5) is 0 Å². The molecule has 0 aromatic carbocycles. The van der Waals surface area contributed by atoms with Crippen LogP contribution in [0.5, 0.6) is 0 Å². The lowest BCUT2D eigenvalue weighted by atomic mass is 10.0. The monoisotopic (exact) mass is 356 g/mol. The highest BCUT2D eigenvalue weighted by Gasteiger charge is 2.07. The van der Waals surface area contributed by atoms with Crippen molar-refractivity contribution in [2.24, 2.45) is 0 Å². The van der Waals surface area contributed by atoms with E-state index in [1.165, 1.54) is 77.0 Å². The van der Waals surface area contributed by atoms with Gasteiger partial charge in [-0.3, -0.25) is 0 Å². The van der Waals surface area contributed by atoms with Gasteiger partial charge in [-0.2, -0.15) is 0 Å². The second-order valence-electron chi connectivity index (χ2n) is 7.10. The molecule has 0 fully saturated rings. The molecule has 0 saturated heterocycles. The molecule has 0 aromatic heterocycles. The molecule has 0 heterocycles. The van der Waals surface area contributed by atoms with Gasteiger partial charge in [0.15, 0.2) is 0 Å². The largest absolute Gasteiger partial charge is 0.392 e. The quantitative estimate of drug-likeness (QED) is 0.156. The van der Waals surface area contributed by atoms with Gasteiger partial charge in [0.05, 0.1) is 12.7 Å². The van der Waals surface area contributed by atoms with Gasteiger partial charge in [-0.05, 0) is 19.3 Å². The molecule has 0 saturated carbocycles. The van der Waals surface area contributed by atoms with Crippen LogP contribution in [0, 0.1) is 0 Å². The Kier molecular flexibility index (Phi) is 21.3. The summed E-state index contributed by atoms with van der Waals surface area (Å²) in [6, 6.07) is 0. The summed E-state index contributed by atoms with van der Waals surface area (Å²) in [5, 5.41) is 8.76. The molecule has 0 bridgehead atoms. The predicted octanol–water partition coefficient (Wildman–Crippen LogP) is 6.40. The minimum atomic E-state index is 0.127. The molecular formula is C22H44O3. The van der Waals surface area contributed by atoms with Crippen LogP contribution in [0.3, 0.4) is 0 Å². The highest BCUT2D eigenvalue weighted by atomic mass is 16.7. The predicted molar refractivity (Wildman–Crippen MR) is 108 cm³/mol. The standard InChI is InChI=1S/C22H44O3/c1-3-4-5-6-7-8-9-10-11-12-13-15-18-22(25-21-24-2)19-16-14-17-20-23/h14,17,22-23H,3-13,15-16,18-21H2,1-2H3/b17-14+/t22-/m0/s1. The Bertz CT molecular complexity index is 266. The molecule has 0 radical (unpaired) electrons. The molecule has 0 spiro atoms. The van der Waals surface area contributed by atoms with Crippen molar-refractivity contribution in [2.45, 2.75) is 109 Å². The average Bonchev–Trinajstić information content (AvgIpc) is 2.63. The zero-order valence-electron chi connectivity index (χ0n) is 17.0. The molecule has 1 N–H and O–H groups in total. The molecule has 1 atom stereocenters. The Balaban J connectivity index is 3.46. The molecule has 0 aliphatic carbocycles. The van der Waals surface area contributed by atoms with Crippen molar-refractivity contribution in [2.75, 3.05) is 20.5 Å². The number of hydrogen-bond donors (Lipinski definition) is 1. The SMILES string of the molecule is CCCCCCCCCCCCCC[C@@H](CC/C=C/CO)OCOC. The summed E-state index contributed by atoms with van der Waals surface area (Å²) in [7, 11) is 1.67. The van der Waals surface area contributed by atoms with Crippen LogP contribution >= 0.6 is 0 Å². The van der Waals surface area contributed by atoms with Crippen molar-refractivity contribution in [1.82, 2.24) is 0 Å². The molecule has 0 aliphatic heterocycles. The topological polar surface area (TPSA) is 38.7 Å². The molecule has 25 heavy (non-hydrogen) atoms. The minimum absolute atomic E-state index is 0.127. The van der Waals surface area contributed by atoms with Crippen LogP contribution in [-0.2, 0) is 9.47 Å². The van der Waals surface area contributed by atoms with E-state index in [1.807, 2.05) is 6.08 Å². The Morgan fingerprint density at radius 2 is 1.32 bits per heavy atom. The summed E-state index contributed by atoms with van der Waals surface area (Å²) in [4.78, 5) is 0. The lowest BCUT2D eigenvalue weighted by Gasteiger charge is -2.16. The highest BCUT2D eigenvalue weighted by molar-refractivity contribution is 4.81. The van der Waals surface area contributed by atoms with Gasteiger partial charge in [-0.1, -0.05) is 96.1 Å². The lowest BCUT2D eigenvalue weighted by molar-refractivity contribution is -0.0766. The number of rotatable bonds is 20. The van der Waals surface area contributed by atoms with Crippen molar-refractivity contribution < 1.29 is 14.6 Å². The van der Waals surface area contributed by atoms with Crippen LogP contribution in [0.25, 0.3) is 0 Å². The maximum absolute atomic E-state index is 8.76. The summed E-state index contributed by atoms with van der Waals surface area (Å²) in [5.74, 6) is 0. The maximum atomic E-state index is 8.76. The Labute approximate surface area is 157 Å². The Morgan fingerprint density at radius 1 is 0.760 bits per heavy atom. The highest BCUT2D eigenvalue weighted by Crippen LogP contribution is 2.16.